The highest BCUT2D eigenvalue weighted by atomic mass is 35.5. The zero-order valence-corrected chi connectivity index (χ0v) is 35.7. The van der Waals surface area contributed by atoms with Crippen LogP contribution in [0.4, 0.5) is 5.69 Å². The molecule has 2 aromatic heterocycles. The second kappa shape index (κ2) is 17.6. The van der Waals surface area contributed by atoms with E-state index in [1.54, 1.807) is 24.5 Å². The number of allylic oxidation sites excluding steroid dienone is 1. The maximum atomic E-state index is 13.9. The predicted molar refractivity (Wildman–Crippen MR) is 234 cm³/mol. The Bertz CT molecular complexity index is 2460. The van der Waals surface area contributed by atoms with Crippen molar-refractivity contribution < 1.29 is 22.7 Å². The summed E-state index contributed by atoms with van der Waals surface area (Å²) in [5.41, 5.74) is 6.04. The van der Waals surface area contributed by atoms with Gasteiger partial charge < -0.3 is 24.7 Å². The minimum atomic E-state index is -4.32. The Labute approximate surface area is 356 Å². The summed E-state index contributed by atoms with van der Waals surface area (Å²) >= 11 is 12.7. The number of benzene rings is 3. The molecular weight excluding hydrogens is 808 g/mol. The minimum absolute atomic E-state index is 0.0556. The number of carbonyl (C=O) groups is 1. The summed E-state index contributed by atoms with van der Waals surface area (Å²) in [6.07, 6.45) is 8.62. The molecule has 0 bridgehead atoms. The number of nitrogens with zero attached hydrogens (tertiary/aromatic N) is 3. The molecule has 0 radical (unpaired) electrons. The maximum Gasteiger partial charge on any atom is 0.268 e. The number of anilines is 1. The lowest BCUT2D eigenvalue weighted by Gasteiger charge is -2.39. The van der Waals surface area contributed by atoms with Gasteiger partial charge in [-0.15, -0.1) is 0 Å². The van der Waals surface area contributed by atoms with E-state index >= 15 is 0 Å². The van der Waals surface area contributed by atoms with E-state index < -0.39 is 15.9 Å². The van der Waals surface area contributed by atoms with E-state index in [1.165, 1.54) is 34.9 Å². The molecule has 8 rings (SSSR count). The molecule has 3 aromatic carbocycles. The monoisotopic (exact) mass is 856 g/mol. The number of hydrogen-bond acceptors (Lipinski definition) is 9. The Morgan fingerprint density at radius 1 is 0.949 bits per heavy atom. The van der Waals surface area contributed by atoms with E-state index in [4.69, 9.17) is 32.7 Å². The number of piperazine rings is 1. The molecule has 0 saturated carbocycles. The molecule has 2 aliphatic heterocycles. The van der Waals surface area contributed by atoms with Gasteiger partial charge in [0.1, 0.15) is 22.9 Å². The second-order valence-electron chi connectivity index (χ2n) is 16.6. The summed E-state index contributed by atoms with van der Waals surface area (Å²) in [6.45, 7) is 11.2. The molecule has 0 unspecified atom stereocenters. The molecule has 11 nitrogen and oxygen atoms in total. The van der Waals surface area contributed by atoms with Gasteiger partial charge in [0.15, 0.2) is 0 Å². The van der Waals surface area contributed by atoms with Gasteiger partial charge >= 0.3 is 0 Å². The molecule has 0 atom stereocenters. The third-order valence-electron chi connectivity index (χ3n) is 11.7. The van der Waals surface area contributed by atoms with Gasteiger partial charge in [-0.1, -0.05) is 54.8 Å². The average molecular weight is 858 g/mol. The molecule has 59 heavy (non-hydrogen) atoms. The normalized spacial score (nSPS) is 17.9. The number of hydrogen-bond donors (Lipinski definition) is 3. The van der Waals surface area contributed by atoms with Crippen LogP contribution in [0.15, 0.2) is 95.7 Å². The highest BCUT2D eigenvalue weighted by molar-refractivity contribution is 7.90. The first-order chi connectivity index (χ1) is 28.4. The van der Waals surface area contributed by atoms with Crippen LogP contribution in [0.5, 0.6) is 17.2 Å². The van der Waals surface area contributed by atoms with E-state index in [2.05, 4.69) is 55.8 Å². The second-order valence-corrected chi connectivity index (χ2v) is 19.1. The van der Waals surface area contributed by atoms with E-state index in [9.17, 15) is 13.2 Å². The van der Waals surface area contributed by atoms with Gasteiger partial charge in [-0.3, -0.25) is 9.69 Å². The van der Waals surface area contributed by atoms with Crippen LogP contribution in [0.3, 0.4) is 0 Å². The number of pyridine rings is 1. The highest BCUT2D eigenvalue weighted by Gasteiger charge is 2.30. The van der Waals surface area contributed by atoms with Gasteiger partial charge in [-0.2, -0.15) is 0 Å². The molecule has 14 heteroatoms. The Kier molecular flexibility index (Phi) is 12.2. The number of H-pyrrole nitrogens is 1. The maximum absolute atomic E-state index is 13.9. The van der Waals surface area contributed by atoms with Crippen molar-refractivity contribution in [3.8, 4) is 17.2 Å². The molecule has 4 heterocycles. The molecule has 3 N–H and O–H groups in total. The number of amides is 1. The summed E-state index contributed by atoms with van der Waals surface area (Å²) in [7, 11) is -4.32. The fourth-order valence-electron chi connectivity index (χ4n) is 8.24. The van der Waals surface area contributed by atoms with Crippen LogP contribution in [0, 0.1) is 11.3 Å². The van der Waals surface area contributed by atoms with Crippen LogP contribution in [-0.4, -0.2) is 81.6 Å². The zero-order valence-electron chi connectivity index (χ0n) is 33.4. The van der Waals surface area contributed by atoms with Crippen molar-refractivity contribution in [2.24, 2.45) is 11.3 Å². The topological polar surface area (TPSA) is 129 Å². The summed E-state index contributed by atoms with van der Waals surface area (Å²) in [4.78, 5) is 26.0. The average Bonchev–Trinajstić information content (AvgIpc) is 3.70. The van der Waals surface area contributed by atoms with Gasteiger partial charge in [0, 0.05) is 61.1 Å². The molecule has 5 aromatic rings. The summed E-state index contributed by atoms with van der Waals surface area (Å²) in [5, 5.41) is 5.06. The molecule has 2 saturated heterocycles. The first-order valence-corrected chi connectivity index (χ1v) is 22.5. The highest BCUT2D eigenvalue weighted by Crippen LogP contribution is 2.43. The first-order valence-electron chi connectivity index (χ1n) is 20.3. The minimum Gasteiger partial charge on any atom is -0.492 e. The summed E-state index contributed by atoms with van der Waals surface area (Å²) in [5.74, 6) is 0.568. The molecule has 1 aliphatic carbocycles. The Hall–Kier alpha value is -4.59. The predicted octanol–water partition coefficient (Wildman–Crippen LogP) is 8.95. The lowest BCUT2D eigenvalue weighted by molar-refractivity contribution is 0.0979. The number of halogens is 2. The van der Waals surface area contributed by atoms with Crippen LogP contribution in [0.25, 0.3) is 16.6 Å². The van der Waals surface area contributed by atoms with Gasteiger partial charge in [0.2, 0.25) is 0 Å². The quantitative estimate of drug-likeness (QED) is 0.113. The van der Waals surface area contributed by atoms with Crippen LogP contribution in [0.1, 0.15) is 61.9 Å². The number of piperidine rings is 1. The summed E-state index contributed by atoms with van der Waals surface area (Å²) in [6, 6.07) is 21.4. The van der Waals surface area contributed by atoms with Crippen molar-refractivity contribution in [2.75, 3.05) is 57.3 Å². The fourth-order valence-corrected chi connectivity index (χ4v) is 9.66. The van der Waals surface area contributed by atoms with E-state index in [0.29, 0.717) is 29.7 Å². The number of aromatic nitrogens is 2. The van der Waals surface area contributed by atoms with Crippen molar-refractivity contribution in [3.05, 3.63) is 112 Å². The van der Waals surface area contributed by atoms with E-state index in [0.717, 1.165) is 94.0 Å². The van der Waals surface area contributed by atoms with Crippen LogP contribution in [-0.2, 0) is 10.0 Å². The van der Waals surface area contributed by atoms with Crippen molar-refractivity contribution in [1.29, 1.82) is 0 Å². The largest absolute Gasteiger partial charge is 0.492 e. The number of sulfonamides is 1. The van der Waals surface area contributed by atoms with Crippen molar-refractivity contribution >= 4 is 61.4 Å². The van der Waals surface area contributed by atoms with Gasteiger partial charge in [-0.05, 0) is 122 Å². The fraction of sp³-hybridized carbons (Fsp3) is 0.378. The summed E-state index contributed by atoms with van der Waals surface area (Å²) < 4.78 is 41.7. The van der Waals surface area contributed by atoms with Gasteiger partial charge in [0.25, 0.3) is 15.9 Å². The van der Waals surface area contributed by atoms with E-state index in [1.807, 2.05) is 30.3 Å². The Morgan fingerprint density at radius 2 is 1.73 bits per heavy atom. The van der Waals surface area contributed by atoms with E-state index in [-0.39, 0.29) is 26.6 Å². The number of aromatic amines is 1. The Morgan fingerprint density at radius 3 is 2.49 bits per heavy atom. The first kappa shape index (κ1) is 41.2. The molecular formula is C45H50Cl2N6O5S. The van der Waals surface area contributed by atoms with Crippen LogP contribution in [0.2, 0.25) is 10.0 Å². The number of fused-ring (bicyclic) bond motifs is 1. The Balaban J connectivity index is 0.986. The molecule has 3 aliphatic rings. The van der Waals surface area contributed by atoms with Crippen LogP contribution >= 0.6 is 23.2 Å². The number of rotatable bonds is 12. The molecule has 2 fully saturated rings. The molecule has 0 spiro atoms. The smallest absolute Gasteiger partial charge is 0.268 e. The molecule has 1 amide bonds. The number of carbonyl (C=O) groups excluding carboxylic acids is 1. The van der Waals surface area contributed by atoms with Crippen molar-refractivity contribution in [3.63, 3.8) is 0 Å². The van der Waals surface area contributed by atoms with Gasteiger partial charge in [0.05, 0.1) is 28.3 Å². The number of nitrogens with one attached hydrogen (secondary N) is 3. The molecule has 310 valence electrons. The van der Waals surface area contributed by atoms with Crippen LogP contribution < -0.4 is 24.4 Å². The standard InChI is InChI=1S/C45H50Cl2N6O5S/c1-45(2)15-11-33(39(26-45)31-3-5-34(46)6-4-31)28-52-19-21-53(22-20-52)35-7-9-38(42(24-35)58-36-23-32-14-18-49-43(32)50-27-36)44(54)51-59(55,56)37-8-10-41(40(47)25-37)57-29-30-12-16-48-17-13-30/h3-10,14,18,23-25,27,30,48H,11-13,15-17,19-22,26,28-29H2,1-2H3,(H,49,50)(H,51,54). The third kappa shape index (κ3) is 9.90. The lowest BCUT2D eigenvalue weighted by atomic mass is 9.72. The van der Waals surface area contributed by atoms with Gasteiger partial charge in [-0.25, -0.2) is 18.1 Å². The van der Waals surface area contributed by atoms with Crippen molar-refractivity contribution in [2.45, 2.75) is 50.8 Å². The lowest BCUT2D eigenvalue weighted by Crippen LogP contribution is -2.47. The third-order valence-corrected chi connectivity index (χ3v) is 13.6. The number of ether oxygens (including phenoxy) is 2. The SMILES string of the molecule is CC1(C)CCC(CN2CCN(c3ccc(C(=O)NS(=O)(=O)c4ccc(OCC5CCNCC5)c(Cl)c4)c(Oc4cnc5[nH]ccc5c4)c3)CC2)=C(c2ccc(Cl)cc2)C1. The van der Waals surface area contributed by atoms with Crippen molar-refractivity contribution in [1.82, 2.24) is 24.9 Å². The zero-order chi connectivity index (χ0) is 41.1.